The highest BCUT2D eigenvalue weighted by Gasteiger charge is 2.25. The molecular formula is C22H30N2O3S. The first-order valence-corrected chi connectivity index (χ1v) is 10.8. The van der Waals surface area contributed by atoms with Crippen LogP contribution < -0.4 is 5.32 Å². The fourth-order valence-corrected chi connectivity index (χ4v) is 4.20. The van der Waals surface area contributed by atoms with E-state index in [0.717, 1.165) is 30.8 Å². The maximum Gasteiger partial charge on any atom is 0.245 e. The van der Waals surface area contributed by atoms with Crippen LogP contribution in [0.2, 0.25) is 0 Å². The minimum atomic E-state index is -0.268. The molecule has 152 valence electrons. The Morgan fingerprint density at radius 2 is 2.11 bits per heavy atom. The number of rotatable bonds is 9. The summed E-state index contributed by atoms with van der Waals surface area (Å²) in [7, 11) is 0. The van der Waals surface area contributed by atoms with Crippen molar-refractivity contribution in [3.05, 3.63) is 51.7 Å². The monoisotopic (exact) mass is 402 g/mol. The zero-order valence-corrected chi connectivity index (χ0v) is 17.8. The summed E-state index contributed by atoms with van der Waals surface area (Å²) in [6, 6.07) is 9.91. The number of carbonyl (C=O) groups excluding carboxylic acids is 1. The summed E-state index contributed by atoms with van der Waals surface area (Å²) in [4.78, 5) is 16.2. The van der Waals surface area contributed by atoms with Crippen molar-refractivity contribution in [2.24, 2.45) is 0 Å². The first kappa shape index (κ1) is 20.8. The van der Waals surface area contributed by atoms with E-state index in [1.165, 1.54) is 10.4 Å². The summed E-state index contributed by atoms with van der Waals surface area (Å²) in [5.74, 6) is 0.143. The van der Waals surface area contributed by atoms with E-state index in [1.54, 1.807) is 11.3 Å². The Hall–Kier alpha value is -1.89. The van der Waals surface area contributed by atoms with Crippen molar-refractivity contribution in [1.82, 2.24) is 4.90 Å². The molecule has 0 saturated heterocycles. The fourth-order valence-electron chi connectivity index (χ4n) is 3.31. The molecule has 1 aromatic carbocycles. The largest absolute Gasteiger partial charge is 0.376 e. The minimum Gasteiger partial charge on any atom is -0.376 e. The number of carbonyl (C=O) groups is 1. The molecule has 2 heterocycles. The lowest BCUT2D eigenvalue weighted by molar-refractivity contribution is -0.132. The second-order valence-electron chi connectivity index (χ2n) is 7.42. The Labute approximate surface area is 171 Å². The third-order valence-corrected chi connectivity index (χ3v) is 5.77. The number of fused-ring (bicyclic) bond motifs is 1. The van der Waals surface area contributed by atoms with Crippen molar-refractivity contribution in [2.45, 2.75) is 52.5 Å². The standard InChI is InChI=1S/C22H30N2O3S/c1-16(2)27-11-10-26-15-18-5-4-6-20(13-18)23-17(3)22(25)24-9-7-21-19(14-24)8-12-28-21/h4-6,8,12-13,16-17,23H,7,9-11,14-15H2,1-3H3. The quantitative estimate of drug-likeness (QED) is 0.642. The lowest BCUT2D eigenvalue weighted by Gasteiger charge is -2.30. The van der Waals surface area contributed by atoms with Crippen LogP contribution in [0.15, 0.2) is 35.7 Å². The molecule has 0 aliphatic carbocycles. The molecular weight excluding hydrogens is 372 g/mol. The lowest BCUT2D eigenvalue weighted by atomic mass is 10.1. The van der Waals surface area contributed by atoms with Crippen molar-refractivity contribution in [2.75, 3.05) is 25.1 Å². The van der Waals surface area contributed by atoms with Crippen LogP contribution in [0.1, 0.15) is 36.8 Å². The number of nitrogens with one attached hydrogen (secondary N) is 1. The molecule has 0 radical (unpaired) electrons. The number of hydrogen-bond acceptors (Lipinski definition) is 5. The molecule has 1 unspecified atom stereocenters. The Morgan fingerprint density at radius 3 is 2.93 bits per heavy atom. The first-order valence-electron chi connectivity index (χ1n) is 9.92. The van der Waals surface area contributed by atoms with Crippen molar-refractivity contribution in [1.29, 1.82) is 0 Å². The number of anilines is 1. The number of hydrogen-bond donors (Lipinski definition) is 1. The zero-order chi connectivity index (χ0) is 19.9. The third-order valence-electron chi connectivity index (χ3n) is 4.75. The van der Waals surface area contributed by atoms with E-state index >= 15 is 0 Å². The number of thiophene rings is 1. The van der Waals surface area contributed by atoms with Gasteiger partial charge in [0.2, 0.25) is 5.91 Å². The van der Waals surface area contributed by atoms with Gasteiger partial charge in [0.25, 0.3) is 0 Å². The second-order valence-corrected chi connectivity index (χ2v) is 8.42. The van der Waals surface area contributed by atoms with Crippen LogP contribution >= 0.6 is 11.3 Å². The average Bonchev–Trinajstić information content (AvgIpc) is 3.15. The van der Waals surface area contributed by atoms with Gasteiger partial charge in [-0.3, -0.25) is 4.79 Å². The average molecular weight is 403 g/mol. The number of nitrogens with zero attached hydrogens (tertiary/aromatic N) is 1. The molecule has 28 heavy (non-hydrogen) atoms. The molecule has 0 fully saturated rings. The van der Waals surface area contributed by atoms with Crippen LogP contribution in [0, 0.1) is 0 Å². The summed E-state index contributed by atoms with van der Waals surface area (Å²) < 4.78 is 11.1. The Balaban J connectivity index is 1.48. The van der Waals surface area contributed by atoms with Gasteiger partial charge in [-0.2, -0.15) is 0 Å². The predicted octanol–water partition coefficient (Wildman–Crippen LogP) is 4.08. The van der Waals surface area contributed by atoms with Gasteiger partial charge in [0.15, 0.2) is 0 Å². The normalized spacial score (nSPS) is 14.8. The molecule has 1 atom stereocenters. The van der Waals surface area contributed by atoms with Gasteiger partial charge in [-0.25, -0.2) is 0 Å². The van der Waals surface area contributed by atoms with Crippen LogP contribution in [0.3, 0.4) is 0 Å². The van der Waals surface area contributed by atoms with Crippen molar-refractivity contribution in [3.8, 4) is 0 Å². The van der Waals surface area contributed by atoms with Gasteiger partial charge in [0, 0.05) is 23.7 Å². The van der Waals surface area contributed by atoms with Gasteiger partial charge >= 0.3 is 0 Å². The zero-order valence-electron chi connectivity index (χ0n) is 16.9. The molecule has 1 aromatic heterocycles. The molecule has 1 aliphatic heterocycles. The van der Waals surface area contributed by atoms with E-state index in [9.17, 15) is 4.79 Å². The molecule has 0 spiro atoms. The SMILES string of the molecule is CC(C)OCCOCc1cccc(NC(C)C(=O)N2CCc3sccc3C2)c1. The van der Waals surface area contributed by atoms with E-state index in [1.807, 2.05) is 49.9 Å². The van der Waals surface area contributed by atoms with E-state index in [-0.39, 0.29) is 18.1 Å². The summed E-state index contributed by atoms with van der Waals surface area (Å²) in [5, 5.41) is 5.46. The van der Waals surface area contributed by atoms with Crippen LogP contribution in [0.5, 0.6) is 0 Å². The number of amides is 1. The van der Waals surface area contributed by atoms with E-state index in [0.29, 0.717) is 19.8 Å². The molecule has 2 aromatic rings. The Bertz CT molecular complexity index is 775. The highest BCUT2D eigenvalue weighted by atomic mass is 32.1. The molecule has 6 heteroatoms. The second kappa shape index (κ2) is 10.0. The Morgan fingerprint density at radius 1 is 1.25 bits per heavy atom. The van der Waals surface area contributed by atoms with Gasteiger partial charge in [-0.15, -0.1) is 11.3 Å². The van der Waals surface area contributed by atoms with Gasteiger partial charge in [0.05, 0.1) is 25.9 Å². The third kappa shape index (κ3) is 5.80. The molecule has 1 aliphatic rings. The molecule has 1 amide bonds. The Kier molecular flexibility index (Phi) is 7.48. The highest BCUT2D eigenvalue weighted by molar-refractivity contribution is 7.10. The summed E-state index contributed by atoms with van der Waals surface area (Å²) in [6.45, 7) is 9.18. The molecule has 1 N–H and O–H groups in total. The van der Waals surface area contributed by atoms with Crippen molar-refractivity contribution >= 4 is 22.9 Å². The fraction of sp³-hybridized carbons (Fsp3) is 0.500. The highest BCUT2D eigenvalue weighted by Crippen LogP contribution is 2.24. The maximum absolute atomic E-state index is 12.8. The van der Waals surface area contributed by atoms with Crippen LogP contribution in [-0.2, 0) is 33.8 Å². The van der Waals surface area contributed by atoms with Gasteiger partial charge in [0.1, 0.15) is 6.04 Å². The van der Waals surface area contributed by atoms with E-state index in [4.69, 9.17) is 9.47 Å². The van der Waals surface area contributed by atoms with Gasteiger partial charge in [-0.1, -0.05) is 12.1 Å². The summed E-state index contributed by atoms with van der Waals surface area (Å²) >= 11 is 1.79. The molecule has 3 rings (SSSR count). The molecule has 0 bridgehead atoms. The van der Waals surface area contributed by atoms with Crippen molar-refractivity contribution in [3.63, 3.8) is 0 Å². The summed E-state index contributed by atoms with van der Waals surface area (Å²) in [6.07, 6.45) is 1.18. The van der Waals surface area contributed by atoms with Crippen LogP contribution in [0.25, 0.3) is 0 Å². The molecule has 5 nitrogen and oxygen atoms in total. The smallest absolute Gasteiger partial charge is 0.245 e. The van der Waals surface area contributed by atoms with Crippen LogP contribution in [-0.4, -0.2) is 42.7 Å². The summed E-state index contributed by atoms with van der Waals surface area (Å²) in [5.41, 5.74) is 3.31. The molecule has 0 saturated carbocycles. The first-order chi connectivity index (χ1) is 13.5. The van der Waals surface area contributed by atoms with Gasteiger partial charge in [-0.05, 0) is 61.9 Å². The maximum atomic E-state index is 12.8. The van der Waals surface area contributed by atoms with Crippen molar-refractivity contribution < 1.29 is 14.3 Å². The predicted molar refractivity (Wildman–Crippen MR) is 114 cm³/mol. The number of benzene rings is 1. The van der Waals surface area contributed by atoms with Crippen LogP contribution in [0.4, 0.5) is 5.69 Å². The number of ether oxygens (including phenoxy) is 2. The van der Waals surface area contributed by atoms with E-state index in [2.05, 4.69) is 16.8 Å². The lowest BCUT2D eigenvalue weighted by Crippen LogP contribution is -2.43. The minimum absolute atomic E-state index is 0.143. The van der Waals surface area contributed by atoms with Gasteiger partial charge < -0.3 is 19.7 Å². The van der Waals surface area contributed by atoms with E-state index < -0.39 is 0 Å². The topological polar surface area (TPSA) is 50.8 Å².